The largest absolute Gasteiger partial charge is 0.0883 e. The van der Waals surface area contributed by atoms with E-state index in [-0.39, 0.29) is 0 Å². The molecule has 64 valence electrons. The van der Waals surface area contributed by atoms with Gasteiger partial charge in [-0.2, -0.15) is 0 Å². The van der Waals surface area contributed by atoms with Crippen molar-refractivity contribution in [1.29, 1.82) is 0 Å². The van der Waals surface area contributed by atoms with Gasteiger partial charge in [0.2, 0.25) is 0 Å². The lowest BCUT2D eigenvalue weighted by molar-refractivity contribution is 1.44. The normalized spacial score (nSPS) is 10.9. The first-order valence-corrected chi connectivity index (χ1v) is 5.23. The quantitative estimate of drug-likeness (QED) is 0.690. The van der Waals surface area contributed by atoms with Gasteiger partial charge in [-0.1, -0.05) is 51.8 Å². The van der Waals surface area contributed by atoms with Crippen LogP contribution in [0.1, 0.15) is 11.1 Å². The van der Waals surface area contributed by atoms with Crippen LogP contribution >= 0.6 is 27.5 Å². The van der Waals surface area contributed by atoms with Gasteiger partial charge in [-0.05, 0) is 24.1 Å². The summed E-state index contributed by atoms with van der Waals surface area (Å²) in [5, 5.41) is 1.70. The van der Waals surface area contributed by atoms with Crippen molar-refractivity contribution in [2.45, 2.75) is 6.92 Å². The highest BCUT2D eigenvalue weighted by molar-refractivity contribution is 9.09. The van der Waals surface area contributed by atoms with Crippen molar-refractivity contribution in [2.75, 3.05) is 5.33 Å². The molecule has 0 radical (unpaired) electrons. The Morgan fingerprint density at radius 2 is 2.25 bits per heavy atom. The van der Waals surface area contributed by atoms with Crippen LogP contribution in [0, 0.1) is 6.92 Å². The summed E-state index contributed by atoms with van der Waals surface area (Å²) < 4.78 is 0. The summed E-state index contributed by atoms with van der Waals surface area (Å²) in [5.74, 6) is 0. The van der Waals surface area contributed by atoms with E-state index in [0.717, 1.165) is 15.9 Å². The molecule has 0 aliphatic carbocycles. The molecule has 0 nitrogen and oxygen atoms in total. The van der Waals surface area contributed by atoms with Crippen LogP contribution in [-0.2, 0) is 0 Å². The molecule has 1 rings (SSSR count). The van der Waals surface area contributed by atoms with E-state index in [4.69, 9.17) is 11.6 Å². The first-order valence-electron chi connectivity index (χ1n) is 3.73. The van der Waals surface area contributed by atoms with Crippen LogP contribution < -0.4 is 0 Å². The summed E-state index contributed by atoms with van der Waals surface area (Å²) in [7, 11) is 0. The number of alkyl halides is 1. The van der Waals surface area contributed by atoms with E-state index in [9.17, 15) is 0 Å². The van der Waals surface area contributed by atoms with Crippen LogP contribution in [0.25, 0.3) is 6.08 Å². The highest BCUT2D eigenvalue weighted by Gasteiger charge is 1.96. The molecule has 0 aliphatic heterocycles. The first kappa shape index (κ1) is 9.82. The van der Waals surface area contributed by atoms with Crippen molar-refractivity contribution >= 4 is 33.6 Å². The number of halogens is 2. The van der Waals surface area contributed by atoms with Crippen LogP contribution in [0.5, 0.6) is 0 Å². The van der Waals surface area contributed by atoms with Gasteiger partial charge in [-0.3, -0.25) is 0 Å². The molecule has 0 heterocycles. The smallest absolute Gasteiger partial charge is 0.0441 e. The molecule has 0 saturated carbocycles. The van der Waals surface area contributed by atoms with Crippen LogP contribution in [0.15, 0.2) is 24.3 Å². The SMILES string of the molecule is Cc1c(Cl)cccc1C=CCBr. The highest BCUT2D eigenvalue weighted by Crippen LogP contribution is 2.19. The van der Waals surface area contributed by atoms with E-state index in [2.05, 4.69) is 34.1 Å². The lowest BCUT2D eigenvalue weighted by atomic mass is 10.1. The van der Waals surface area contributed by atoms with Gasteiger partial charge >= 0.3 is 0 Å². The number of rotatable bonds is 2. The molecule has 0 N–H and O–H groups in total. The van der Waals surface area contributed by atoms with Crippen molar-refractivity contribution in [3.63, 3.8) is 0 Å². The summed E-state index contributed by atoms with van der Waals surface area (Å²) in [4.78, 5) is 0. The molecular weight excluding hydrogens is 235 g/mol. The van der Waals surface area contributed by atoms with Gasteiger partial charge in [0.15, 0.2) is 0 Å². The van der Waals surface area contributed by atoms with Crippen LogP contribution in [0.4, 0.5) is 0 Å². The van der Waals surface area contributed by atoms with Gasteiger partial charge in [0, 0.05) is 10.4 Å². The topological polar surface area (TPSA) is 0 Å². The molecule has 12 heavy (non-hydrogen) atoms. The predicted molar refractivity (Wildman–Crippen MR) is 59.0 cm³/mol. The Morgan fingerprint density at radius 3 is 2.92 bits per heavy atom. The van der Waals surface area contributed by atoms with Gasteiger partial charge < -0.3 is 0 Å². The zero-order valence-corrected chi connectivity index (χ0v) is 9.19. The average molecular weight is 246 g/mol. The Labute approximate surface area is 86.4 Å². The Balaban J connectivity index is 3.00. The number of benzene rings is 1. The molecule has 2 heteroatoms. The zero-order chi connectivity index (χ0) is 8.97. The summed E-state index contributed by atoms with van der Waals surface area (Å²) in [5.41, 5.74) is 2.32. The lowest BCUT2D eigenvalue weighted by Crippen LogP contribution is -1.80. The maximum absolute atomic E-state index is 5.95. The van der Waals surface area contributed by atoms with Crippen LogP contribution in [0.2, 0.25) is 5.02 Å². The van der Waals surface area contributed by atoms with Crippen molar-refractivity contribution in [1.82, 2.24) is 0 Å². The second-order valence-electron chi connectivity index (χ2n) is 2.51. The first-order chi connectivity index (χ1) is 5.75. The highest BCUT2D eigenvalue weighted by atomic mass is 79.9. The molecular formula is C10H10BrCl. The molecule has 0 spiro atoms. The third-order valence-electron chi connectivity index (χ3n) is 1.70. The Morgan fingerprint density at radius 1 is 1.50 bits per heavy atom. The molecule has 0 amide bonds. The van der Waals surface area contributed by atoms with Crippen molar-refractivity contribution in [3.8, 4) is 0 Å². The summed E-state index contributed by atoms with van der Waals surface area (Å²) >= 11 is 9.28. The summed E-state index contributed by atoms with van der Waals surface area (Å²) in [6.07, 6.45) is 4.12. The number of allylic oxidation sites excluding steroid dienone is 1. The fraction of sp³-hybridized carbons (Fsp3) is 0.200. The minimum atomic E-state index is 0.826. The third-order valence-corrected chi connectivity index (χ3v) is 2.48. The van der Waals surface area contributed by atoms with Crippen molar-refractivity contribution in [3.05, 3.63) is 40.4 Å². The van der Waals surface area contributed by atoms with Crippen LogP contribution in [-0.4, -0.2) is 5.33 Å². The monoisotopic (exact) mass is 244 g/mol. The number of hydrogen-bond donors (Lipinski definition) is 0. The molecule has 0 aromatic heterocycles. The predicted octanol–water partition coefficient (Wildman–Crippen LogP) is 4.06. The van der Waals surface area contributed by atoms with E-state index < -0.39 is 0 Å². The summed E-state index contributed by atoms with van der Waals surface area (Å²) in [6.45, 7) is 2.02. The molecule has 0 aliphatic rings. The van der Waals surface area contributed by atoms with E-state index in [1.807, 2.05) is 19.1 Å². The minimum absolute atomic E-state index is 0.826. The van der Waals surface area contributed by atoms with Crippen molar-refractivity contribution in [2.24, 2.45) is 0 Å². The van der Waals surface area contributed by atoms with Gasteiger partial charge in [0.05, 0.1) is 0 Å². The van der Waals surface area contributed by atoms with Crippen molar-refractivity contribution < 1.29 is 0 Å². The average Bonchev–Trinajstić information content (AvgIpc) is 2.08. The van der Waals surface area contributed by atoms with Gasteiger partial charge in [-0.25, -0.2) is 0 Å². The van der Waals surface area contributed by atoms with E-state index in [1.54, 1.807) is 0 Å². The lowest BCUT2D eigenvalue weighted by Gasteiger charge is -2.01. The van der Waals surface area contributed by atoms with Gasteiger partial charge in [0.25, 0.3) is 0 Å². The van der Waals surface area contributed by atoms with Gasteiger partial charge in [-0.15, -0.1) is 0 Å². The fourth-order valence-electron chi connectivity index (χ4n) is 0.976. The Hall–Kier alpha value is -0.270. The Kier molecular flexibility index (Phi) is 3.83. The second-order valence-corrected chi connectivity index (χ2v) is 3.57. The summed E-state index contributed by atoms with van der Waals surface area (Å²) in [6, 6.07) is 5.92. The number of hydrogen-bond acceptors (Lipinski definition) is 0. The van der Waals surface area contributed by atoms with Gasteiger partial charge in [0.1, 0.15) is 0 Å². The van der Waals surface area contributed by atoms with Crippen LogP contribution in [0.3, 0.4) is 0 Å². The fourth-order valence-corrected chi connectivity index (χ4v) is 1.34. The zero-order valence-electron chi connectivity index (χ0n) is 6.85. The molecule has 0 fully saturated rings. The minimum Gasteiger partial charge on any atom is -0.0883 e. The Bertz CT molecular complexity index is 292. The molecule has 1 aromatic rings. The van der Waals surface area contributed by atoms with E-state index in [1.165, 1.54) is 5.56 Å². The second kappa shape index (κ2) is 4.68. The molecule has 0 unspecified atom stereocenters. The molecule has 0 saturated heterocycles. The maximum atomic E-state index is 5.95. The molecule has 1 aromatic carbocycles. The molecule has 0 bridgehead atoms. The third kappa shape index (κ3) is 2.36. The van der Waals surface area contributed by atoms with E-state index >= 15 is 0 Å². The maximum Gasteiger partial charge on any atom is 0.0441 e. The molecule has 0 atom stereocenters. The van der Waals surface area contributed by atoms with E-state index in [0.29, 0.717) is 0 Å². The standard InChI is InChI=1S/C10H10BrCl/c1-8-9(5-3-7-11)4-2-6-10(8)12/h2-6H,7H2,1H3.